The molecule has 2 amide bonds. The molecule has 1 aromatic heterocycles. The number of fused-ring (bicyclic) bond motifs is 1. The van der Waals surface area contributed by atoms with Crippen molar-refractivity contribution in [3.63, 3.8) is 0 Å². The number of hydrogen-bond acceptors (Lipinski definition) is 3. The molecule has 0 saturated heterocycles. The minimum atomic E-state index is -0.205. The molecule has 1 aromatic carbocycles. The number of rotatable bonds is 8. The number of furan rings is 1. The fraction of sp³-hybridized carbons (Fsp3) is 0.500. The molecule has 126 valence electrons. The number of urea groups is 1. The molecule has 0 bridgehead atoms. The number of carbonyl (C=O) groups is 1. The number of para-hydroxylation sites is 1. The molecule has 2 aromatic rings. The average molecular weight is 318 g/mol. The molecule has 0 aliphatic heterocycles. The van der Waals surface area contributed by atoms with Crippen molar-refractivity contribution in [2.45, 2.75) is 39.7 Å². The average Bonchev–Trinajstić information content (AvgIpc) is 2.88. The van der Waals surface area contributed by atoms with Crippen molar-refractivity contribution in [2.75, 3.05) is 13.2 Å². The summed E-state index contributed by atoms with van der Waals surface area (Å²) in [5.74, 6) is 1.10. The molecule has 0 aliphatic rings. The van der Waals surface area contributed by atoms with Gasteiger partial charge in [-0.3, -0.25) is 0 Å². The molecule has 1 unspecified atom stereocenters. The normalized spacial score (nSPS) is 12.3. The Balaban J connectivity index is 1.84. The summed E-state index contributed by atoms with van der Waals surface area (Å²) in [5.41, 5.74) is 1.90. The predicted octanol–water partition coefficient (Wildman–Crippen LogP) is 3.34. The van der Waals surface area contributed by atoms with Crippen molar-refractivity contribution in [2.24, 2.45) is 5.92 Å². The lowest BCUT2D eigenvalue weighted by Gasteiger charge is -2.15. The number of aliphatic hydroxyl groups is 1. The van der Waals surface area contributed by atoms with Gasteiger partial charge in [-0.15, -0.1) is 0 Å². The van der Waals surface area contributed by atoms with Crippen LogP contribution in [0.15, 0.2) is 28.7 Å². The second-order valence-electron chi connectivity index (χ2n) is 5.88. The van der Waals surface area contributed by atoms with Crippen LogP contribution in [0.4, 0.5) is 4.79 Å². The quantitative estimate of drug-likeness (QED) is 0.699. The minimum Gasteiger partial charge on any atom is -0.459 e. The Bertz CT molecular complexity index is 630. The number of carbonyl (C=O) groups excluding carboxylic acids is 1. The van der Waals surface area contributed by atoms with Crippen LogP contribution in [0, 0.1) is 12.8 Å². The van der Waals surface area contributed by atoms with Crippen LogP contribution in [0.3, 0.4) is 0 Å². The predicted molar refractivity (Wildman–Crippen MR) is 91.3 cm³/mol. The largest absolute Gasteiger partial charge is 0.459 e. The molecule has 5 nitrogen and oxygen atoms in total. The van der Waals surface area contributed by atoms with Gasteiger partial charge in [-0.2, -0.15) is 0 Å². The maximum atomic E-state index is 11.9. The van der Waals surface area contributed by atoms with Gasteiger partial charge in [0.1, 0.15) is 11.3 Å². The van der Waals surface area contributed by atoms with Crippen molar-refractivity contribution in [3.8, 4) is 0 Å². The van der Waals surface area contributed by atoms with Crippen LogP contribution in [-0.2, 0) is 6.54 Å². The number of aliphatic hydroxyl groups excluding tert-OH is 1. The molecule has 1 heterocycles. The highest BCUT2D eigenvalue weighted by atomic mass is 16.3. The Morgan fingerprint density at radius 2 is 2.04 bits per heavy atom. The Hall–Kier alpha value is -2.01. The molecule has 0 radical (unpaired) electrons. The minimum absolute atomic E-state index is 0.159. The summed E-state index contributed by atoms with van der Waals surface area (Å²) in [7, 11) is 0. The Morgan fingerprint density at radius 1 is 1.26 bits per heavy atom. The van der Waals surface area contributed by atoms with E-state index in [1.165, 1.54) is 0 Å². The second-order valence-corrected chi connectivity index (χ2v) is 5.88. The van der Waals surface area contributed by atoms with Crippen LogP contribution >= 0.6 is 0 Å². The molecule has 2 rings (SSSR count). The van der Waals surface area contributed by atoms with Crippen molar-refractivity contribution >= 4 is 17.0 Å². The Kier molecular flexibility index (Phi) is 6.47. The first-order chi connectivity index (χ1) is 11.2. The molecular formula is C18H26N2O3. The molecule has 5 heteroatoms. The van der Waals surface area contributed by atoms with E-state index in [1.807, 2.05) is 31.2 Å². The van der Waals surface area contributed by atoms with Crippen molar-refractivity contribution in [1.82, 2.24) is 10.6 Å². The highest BCUT2D eigenvalue weighted by Gasteiger charge is 2.12. The van der Waals surface area contributed by atoms with E-state index in [1.54, 1.807) is 0 Å². The van der Waals surface area contributed by atoms with E-state index in [4.69, 9.17) is 9.52 Å². The SMILES string of the molecule is CCCC(CCO)CNC(=O)NCc1oc2ccccc2c1C. The molecule has 3 N–H and O–H groups in total. The zero-order valence-corrected chi connectivity index (χ0v) is 13.9. The highest BCUT2D eigenvalue weighted by Crippen LogP contribution is 2.24. The monoisotopic (exact) mass is 318 g/mol. The summed E-state index contributed by atoms with van der Waals surface area (Å²) in [6, 6.07) is 7.65. The summed E-state index contributed by atoms with van der Waals surface area (Å²) < 4.78 is 5.78. The lowest BCUT2D eigenvalue weighted by molar-refractivity contribution is 0.228. The van der Waals surface area contributed by atoms with Crippen LogP contribution < -0.4 is 10.6 Å². The van der Waals surface area contributed by atoms with E-state index in [0.29, 0.717) is 19.0 Å². The van der Waals surface area contributed by atoms with Gasteiger partial charge in [0.25, 0.3) is 0 Å². The number of aryl methyl sites for hydroxylation is 1. The van der Waals surface area contributed by atoms with Crippen LogP contribution in [0.2, 0.25) is 0 Å². The topological polar surface area (TPSA) is 74.5 Å². The number of hydrogen-bond donors (Lipinski definition) is 3. The van der Waals surface area contributed by atoms with Gasteiger partial charge in [0.15, 0.2) is 0 Å². The van der Waals surface area contributed by atoms with Crippen LogP contribution in [0.5, 0.6) is 0 Å². The third-order valence-electron chi connectivity index (χ3n) is 4.14. The van der Waals surface area contributed by atoms with Crippen LogP contribution in [0.25, 0.3) is 11.0 Å². The number of nitrogens with one attached hydrogen (secondary N) is 2. The fourth-order valence-electron chi connectivity index (χ4n) is 2.79. The number of amides is 2. The van der Waals surface area contributed by atoms with E-state index in [2.05, 4.69) is 17.6 Å². The van der Waals surface area contributed by atoms with E-state index in [9.17, 15) is 4.79 Å². The maximum Gasteiger partial charge on any atom is 0.315 e. The molecule has 0 aliphatic carbocycles. The molecule has 0 spiro atoms. The van der Waals surface area contributed by atoms with Gasteiger partial charge in [-0.1, -0.05) is 31.5 Å². The van der Waals surface area contributed by atoms with Gasteiger partial charge in [0, 0.05) is 24.1 Å². The molecule has 1 atom stereocenters. The van der Waals surface area contributed by atoms with Gasteiger partial charge >= 0.3 is 6.03 Å². The van der Waals surface area contributed by atoms with Crippen molar-refractivity contribution in [1.29, 1.82) is 0 Å². The summed E-state index contributed by atoms with van der Waals surface area (Å²) in [5, 5.41) is 15.8. The number of benzene rings is 1. The summed E-state index contributed by atoms with van der Waals surface area (Å²) in [6.07, 6.45) is 2.77. The zero-order chi connectivity index (χ0) is 16.7. The highest BCUT2D eigenvalue weighted by molar-refractivity contribution is 5.82. The molecule has 23 heavy (non-hydrogen) atoms. The summed E-state index contributed by atoms with van der Waals surface area (Å²) >= 11 is 0. The van der Waals surface area contributed by atoms with E-state index in [0.717, 1.165) is 41.6 Å². The lowest BCUT2D eigenvalue weighted by Crippen LogP contribution is -2.38. The second kappa shape index (κ2) is 8.58. The summed E-state index contributed by atoms with van der Waals surface area (Å²) in [6.45, 7) is 5.21. The first-order valence-corrected chi connectivity index (χ1v) is 8.25. The third-order valence-corrected chi connectivity index (χ3v) is 4.14. The van der Waals surface area contributed by atoms with Crippen LogP contribution in [-0.4, -0.2) is 24.3 Å². The smallest absolute Gasteiger partial charge is 0.315 e. The standard InChI is InChI=1S/C18H26N2O3/c1-3-6-14(9-10-21)11-19-18(22)20-12-17-13(2)15-7-4-5-8-16(15)23-17/h4-5,7-8,14,21H,3,6,9-12H2,1-2H3,(H2,19,20,22). The van der Waals surface area contributed by atoms with Gasteiger partial charge in [0.05, 0.1) is 6.54 Å². The van der Waals surface area contributed by atoms with Crippen molar-refractivity contribution < 1.29 is 14.3 Å². The third kappa shape index (κ3) is 4.73. The maximum absolute atomic E-state index is 11.9. The van der Waals surface area contributed by atoms with Crippen LogP contribution in [0.1, 0.15) is 37.5 Å². The zero-order valence-electron chi connectivity index (χ0n) is 13.9. The van der Waals surface area contributed by atoms with Gasteiger partial charge in [-0.25, -0.2) is 4.79 Å². The molecule has 0 saturated carbocycles. The van der Waals surface area contributed by atoms with E-state index >= 15 is 0 Å². The first-order valence-electron chi connectivity index (χ1n) is 8.25. The van der Waals surface area contributed by atoms with Gasteiger partial charge < -0.3 is 20.2 Å². The van der Waals surface area contributed by atoms with Crippen molar-refractivity contribution in [3.05, 3.63) is 35.6 Å². The van der Waals surface area contributed by atoms with E-state index < -0.39 is 0 Å². The molecular weight excluding hydrogens is 292 g/mol. The van der Waals surface area contributed by atoms with Gasteiger partial charge in [-0.05, 0) is 31.7 Å². The fourth-order valence-corrected chi connectivity index (χ4v) is 2.79. The Labute approximate surface area is 137 Å². The first kappa shape index (κ1) is 17.3. The van der Waals surface area contributed by atoms with E-state index in [-0.39, 0.29) is 12.6 Å². The Morgan fingerprint density at radius 3 is 2.74 bits per heavy atom. The molecule has 0 fully saturated rings. The summed E-state index contributed by atoms with van der Waals surface area (Å²) in [4.78, 5) is 11.9. The van der Waals surface area contributed by atoms with Gasteiger partial charge in [0.2, 0.25) is 0 Å². The lowest BCUT2D eigenvalue weighted by atomic mass is 10.0.